The first kappa shape index (κ1) is 26.8. The maximum Gasteiger partial charge on any atom is 0.337 e. The summed E-state index contributed by atoms with van der Waals surface area (Å²) in [6.07, 6.45) is 1.68. The molecule has 0 aliphatic heterocycles. The Morgan fingerprint density at radius 2 is 1.72 bits per heavy atom. The van der Waals surface area contributed by atoms with Crippen molar-refractivity contribution in [3.8, 4) is 17.1 Å². The van der Waals surface area contributed by atoms with Gasteiger partial charge in [0, 0.05) is 17.3 Å². The molecule has 0 aliphatic carbocycles. The van der Waals surface area contributed by atoms with Gasteiger partial charge in [-0.2, -0.15) is 0 Å². The largest absolute Gasteiger partial charge is 0.496 e. The first-order valence-electron chi connectivity index (χ1n) is 10.4. The summed E-state index contributed by atoms with van der Waals surface area (Å²) in [6, 6.07) is 9.30. The Labute approximate surface area is 216 Å². The molecule has 1 amide bonds. The molecule has 36 heavy (non-hydrogen) atoms. The Bertz CT molecular complexity index is 1280. The maximum atomic E-state index is 12.7. The van der Waals surface area contributed by atoms with Crippen LogP contribution in [0.4, 0.5) is 5.69 Å². The molecule has 1 aromatic heterocycles. The lowest BCUT2D eigenvalue weighted by Crippen LogP contribution is -2.16. The van der Waals surface area contributed by atoms with Crippen molar-refractivity contribution in [3.63, 3.8) is 0 Å². The van der Waals surface area contributed by atoms with Crippen LogP contribution in [-0.4, -0.2) is 59.7 Å². The van der Waals surface area contributed by atoms with Crippen LogP contribution in [0.15, 0.2) is 54.2 Å². The number of allylic oxidation sites excluding steroid dienone is 1. The first-order valence-corrected chi connectivity index (χ1v) is 11.8. The monoisotopic (exact) mass is 530 g/mol. The predicted octanol–water partition coefficient (Wildman–Crippen LogP) is 4.10. The summed E-state index contributed by atoms with van der Waals surface area (Å²) in [6.45, 7) is 4.16. The third-order valence-corrected chi connectivity index (χ3v) is 6.02. The van der Waals surface area contributed by atoms with E-state index in [4.69, 9.17) is 25.8 Å². The second kappa shape index (κ2) is 12.2. The lowest BCUT2D eigenvalue weighted by atomic mass is 10.1. The van der Waals surface area contributed by atoms with Gasteiger partial charge in [0.1, 0.15) is 5.75 Å². The van der Waals surface area contributed by atoms with E-state index < -0.39 is 17.8 Å². The number of nitrogens with one attached hydrogen (secondary N) is 1. The lowest BCUT2D eigenvalue weighted by molar-refractivity contribution is -0.113. The SMILES string of the molecule is C=CCn1c(SCC(=O)Nc2cc(C(=O)OC)cc(C(=O)OC)c2)nnc1-c1cc(Cl)ccc1OC. The van der Waals surface area contributed by atoms with Crippen molar-refractivity contribution >= 4 is 46.9 Å². The van der Waals surface area contributed by atoms with Gasteiger partial charge in [0.2, 0.25) is 5.91 Å². The Morgan fingerprint density at radius 3 is 2.31 bits per heavy atom. The zero-order valence-electron chi connectivity index (χ0n) is 19.7. The van der Waals surface area contributed by atoms with E-state index in [1.165, 1.54) is 32.4 Å². The molecule has 0 saturated carbocycles. The van der Waals surface area contributed by atoms with Crippen LogP contribution in [-0.2, 0) is 20.8 Å². The summed E-state index contributed by atoms with van der Waals surface area (Å²) in [7, 11) is 3.98. The number of hydrogen-bond acceptors (Lipinski definition) is 9. The highest BCUT2D eigenvalue weighted by atomic mass is 35.5. The summed E-state index contributed by atoms with van der Waals surface area (Å²) in [5.74, 6) is -0.672. The molecule has 10 nitrogen and oxygen atoms in total. The van der Waals surface area contributed by atoms with Crippen molar-refractivity contribution in [1.82, 2.24) is 14.8 Å². The highest BCUT2D eigenvalue weighted by Crippen LogP contribution is 2.33. The molecule has 0 atom stereocenters. The summed E-state index contributed by atoms with van der Waals surface area (Å²) < 4.78 is 16.6. The van der Waals surface area contributed by atoms with Crippen molar-refractivity contribution < 1.29 is 28.6 Å². The number of benzene rings is 2. The van der Waals surface area contributed by atoms with Crippen LogP contribution in [0.1, 0.15) is 20.7 Å². The highest BCUT2D eigenvalue weighted by molar-refractivity contribution is 7.99. The topological polar surface area (TPSA) is 122 Å². The number of methoxy groups -OCH3 is 3. The number of thioether (sulfide) groups is 1. The standard InChI is InChI=1S/C24H23ClN4O6S/c1-5-8-29-21(18-12-16(25)6-7-19(18)33-2)27-28-24(29)36-13-20(30)26-17-10-14(22(31)34-3)9-15(11-17)23(32)35-4/h5-7,9-12H,1,8,13H2,2-4H3,(H,26,30). The van der Waals surface area contributed by atoms with Gasteiger partial charge in [0.05, 0.1) is 43.8 Å². The second-order valence-corrected chi connectivity index (χ2v) is 8.55. The van der Waals surface area contributed by atoms with Gasteiger partial charge in [-0.25, -0.2) is 9.59 Å². The molecule has 3 rings (SSSR count). The van der Waals surface area contributed by atoms with Crippen LogP contribution >= 0.6 is 23.4 Å². The number of halogens is 1. The summed E-state index contributed by atoms with van der Waals surface area (Å²) in [4.78, 5) is 36.7. The number of carbonyl (C=O) groups is 3. The Balaban J connectivity index is 1.81. The fourth-order valence-corrected chi connectivity index (χ4v) is 4.16. The average Bonchev–Trinajstić information content (AvgIpc) is 3.28. The maximum absolute atomic E-state index is 12.7. The van der Waals surface area contributed by atoms with Crippen LogP contribution in [0.5, 0.6) is 5.75 Å². The van der Waals surface area contributed by atoms with Gasteiger partial charge >= 0.3 is 11.9 Å². The molecule has 0 radical (unpaired) electrons. The molecule has 0 aliphatic rings. The van der Waals surface area contributed by atoms with Crippen LogP contribution < -0.4 is 10.1 Å². The fourth-order valence-electron chi connectivity index (χ4n) is 3.24. The van der Waals surface area contributed by atoms with E-state index in [1.54, 1.807) is 36.0 Å². The number of amides is 1. The van der Waals surface area contributed by atoms with Crippen molar-refractivity contribution in [2.45, 2.75) is 11.7 Å². The number of rotatable bonds is 10. The molecule has 2 aromatic carbocycles. The predicted molar refractivity (Wildman–Crippen MR) is 136 cm³/mol. The number of nitrogens with zero attached hydrogens (tertiary/aromatic N) is 3. The minimum atomic E-state index is -0.660. The molecule has 0 spiro atoms. The summed E-state index contributed by atoms with van der Waals surface area (Å²) in [5.41, 5.74) is 1.06. The van der Waals surface area contributed by atoms with E-state index in [1.807, 2.05) is 0 Å². The van der Waals surface area contributed by atoms with Gasteiger partial charge in [-0.15, -0.1) is 16.8 Å². The summed E-state index contributed by atoms with van der Waals surface area (Å²) >= 11 is 7.32. The van der Waals surface area contributed by atoms with Crippen LogP contribution in [0.3, 0.4) is 0 Å². The van der Waals surface area contributed by atoms with Crippen molar-refractivity contribution in [1.29, 1.82) is 0 Å². The van der Waals surface area contributed by atoms with Gasteiger partial charge in [0.25, 0.3) is 0 Å². The molecule has 0 bridgehead atoms. The average molecular weight is 531 g/mol. The fraction of sp³-hybridized carbons (Fsp3) is 0.208. The van der Waals surface area contributed by atoms with Crippen molar-refractivity contribution in [3.05, 3.63) is 65.2 Å². The van der Waals surface area contributed by atoms with Gasteiger partial charge < -0.3 is 19.5 Å². The van der Waals surface area contributed by atoms with Crippen LogP contribution in [0, 0.1) is 0 Å². The van der Waals surface area contributed by atoms with E-state index in [0.717, 1.165) is 11.8 Å². The van der Waals surface area contributed by atoms with Gasteiger partial charge in [-0.05, 0) is 36.4 Å². The molecule has 1 N–H and O–H groups in total. The number of aromatic nitrogens is 3. The van der Waals surface area contributed by atoms with E-state index in [9.17, 15) is 14.4 Å². The quantitative estimate of drug-likeness (QED) is 0.234. The Hall–Kier alpha value is -3.83. The van der Waals surface area contributed by atoms with E-state index in [2.05, 4.69) is 22.1 Å². The molecule has 12 heteroatoms. The van der Waals surface area contributed by atoms with Crippen molar-refractivity contribution in [2.75, 3.05) is 32.4 Å². The molecule has 0 fully saturated rings. The Kier molecular flexibility index (Phi) is 9.09. The van der Waals surface area contributed by atoms with Crippen LogP contribution in [0.25, 0.3) is 11.4 Å². The first-order chi connectivity index (χ1) is 17.3. The molecule has 3 aromatic rings. The van der Waals surface area contributed by atoms with Gasteiger partial charge in [-0.3, -0.25) is 9.36 Å². The molecular formula is C24H23ClN4O6S. The number of hydrogen-bond donors (Lipinski definition) is 1. The smallest absolute Gasteiger partial charge is 0.337 e. The second-order valence-electron chi connectivity index (χ2n) is 7.17. The number of anilines is 1. The Morgan fingerprint density at radius 1 is 1.06 bits per heavy atom. The van der Waals surface area contributed by atoms with Crippen molar-refractivity contribution in [2.24, 2.45) is 0 Å². The third-order valence-electron chi connectivity index (χ3n) is 4.82. The zero-order chi connectivity index (χ0) is 26.2. The highest BCUT2D eigenvalue weighted by Gasteiger charge is 2.19. The number of esters is 2. The molecule has 1 heterocycles. The lowest BCUT2D eigenvalue weighted by Gasteiger charge is -2.11. The van der Waals surface area contributed by atoms with E-state index in [0.29, 0.717) is 33.9 Å². The number of carbonyl (C=O) groups excluding carboxylic acids is 3. The molecule has 0 saturated heterocycles. The molecule has 188 valence electrons. The van der Waals surface area contributed by atoms with Gasteiger partial charge in [0.15, 0.2) is 11.0 Å². The molecule has 0 unspecified atom stereocenters. The minimum Gasteiger partial charge on any atom is -0.496 e. The van der Waals surface area contributed by atoms with Gasteiger partial charge in [-0.1, -0.05) is 29.4 Å². The van der Waals surface area contributed by atoms with E-state index >= 15 is 0 Å². The molecular weight excluding hydrogens is 508 g/mol. The zero-order valence-corrected chi connectivity index (χ0v) is 21.3. The summed E-state index contributed by atoms with van der Waals surface area (Å²) in [5, 5.41) is 12.1. The third kappa shape index (κ3) is 6.23. The number of ether oxygens (including phenoxy) is 3. The normalized spacial score (nSPS) is 10.4. The van der Waals surface area contributed by atoms with Crippen LogP contribution in [0.2, 0.25) is 5.02 Å². The van der Waals surface area contributed by atoms with E-state index in [-0.39, 0.29) is 22.6 Å². The minimum absolute atomic E-state index is 0.0298.